The van der Waals surface area contributed by atoms with Crippen molar-refractivity contribution >= 4 is 19.6 Å². The first-order valence-electron chi connectivity index (χ1n) is 4.91. The molecule has 78 valence electrons. The first kappa shape index (κ1) is 11.8. The van der Waals surface area contributed by atoms with Crippen LogP contribution in [0.1, 0.15) is 26.5 Å². The zero-order chi connectivity index (χ0) is 11.5. The van der Waals surface area contributed by atoms with Crippen molar-refractivity contribution in [3.63, 3.8) is 0 Å². The van der Waals surface area contributed by atoms with E-state index in [1.807, 2.05) is 32.9 Å². The number of amides is 1. The van der Waals surface area contributed by atoms with Crippen LogP contribution < -0.4 is 5.32 Å². The van der Waals surface area contributed by atoms with Gasteiger partial charge in [-0.1, -0.05) is 26.8 Å². The second-order valence-corrected chi connectivity index (χ2v) is 4.42. The third-order valence-electron chi connectivity index (χ3n) is 1.94. The van der Waals surface area contributed by atoms with Gasteiger partial charge in [-0.05, 0) is 18.5 Å². The lowest BCUT2D eigenvalue weighted by molar-refractivity contribution is -0.123. The Morgan fingerprint density at radius 1 is 1.47 bits per heavy atom. The Kier molecular flexibility index (Phi) is 3.50. The Balaban J connectivity index is 2.77. The Hall–Kier alpha value is -1.32. The average molecular weight is 202 g/mol. The van der Waals surface area contributed by atoms with Crippen LogP contribution in [0.4, 0.5) is 5.82 Å². The van der Waals surface area contributed by atoms with Crippen molar-refractivity contribution < 1.29 is 4.79 Å². The van der Waals surface area contributed by atoms with Crippen molar-refractivity contribution in [1.82, 2.24) is 4.98 Å². The maximum atomic E-state index is 11.7. The number of nitrogens with one attached hydrogen (secondary N) is 1. The van der Waals surface area contributed by atoms with Crippen LogP contribution in [0.3, 0.4) is 0 Å². The molecule has 0 aliphatic carbocycles. The molecule has 1 N–H and O–H groups in total. The number of nitrogens with zero attached hydrogens (tertiary/aromatic N) is 1. The molecule has 1 aromatic heterocycles. The highest BCUT2D eigenvalue weighted by Crippen LogP contribution is 2.16. The molecule has 1 rings (SSSR count). The van der Waals surface area contributed by atoms with E-state index in [9.17, 15) is 4.79 Å². The van der Waals surface area contributed by atoms with Crippen LogP contribution in [0.15, 0.2) is 18.2 Å². The molecule has 1 amide bonds. The quantitative estimate of drug-likeness (QED) is 0.742. The van der Waals surface area contributed by atoms with Crippen LogP contribution in [-0.2, 0) is 11.1 Å². The van der Waals surface area contributed by atoms with Gasteiger partial charge in [0, 0.05) is 11.1 Å². The molecule has 0 bridgehead atoms. The van der Waals surface area contributed by atoms with Gasteiger partial charge in [0.1, 0.15) is 5.82 Å². The standard InChI is InChI=1S/C11H15BN2O/c1-11(2,3)10(15)14-9-6-4-5-8(7-12)13-9/h4-6H,7H2,1-3H3,(H,13,14,15). The lowest BCUT2D eigenvalue weighted by Crippen LogP contribution is -2.28. The second-order valence-electron chi connectivity index (χ2n) is 4.42. The zero-order valence-electron chi connectivity index (χ0n) is 9.37. The first-order chi connectivity index (χ1) is 6.93. The van der Waals surface area contributed by atoms with Gasteiger partial charge in [-0.15, -0.1) is 0 Å². The molecular weight excluding hydrogens is 187 g/mol. The molecule has 3 nitrogen and oxygen atoms in total. The van der Waals surface area contributed by atoms with Crippen LogP contribution in [-0.4, -0.2) is 18.7 Å². The number of anilines is 1. The van der Waals surface area contributed by atoms with Crippen LogP contribution in [0, 0.1) is 5.41 Å². The summed E-state index contributed by atoms with van der Waals surface area (Å²) in [6.45, 7) is 5.57. The van der Waals surface area contributed by atoms with E-state index in [1.54, 1.807) is 6.07 Å². The topological polar surface area (TPSA) is 42.0 Å². The van der Waals surface area contributed by atoms with Crippen LogP contribution in [0.5, 0.6) is 0 Å². The van der Waals surface area contributed by atoms with Gasteiger partial charge in [0.25, 0.3) is 0 Å². The van der Waals surface area contributed by atoms with Gasteiger partial charge in [0.15, 0.2) is 0 Å². The van der Waals surface area contributed by atoms with Gasteiger partial charge < -0.3 is 5.32 Å². The fourth-order valence-electron chi connectivity index (χ4n) is 0.967. The van der Waals surface area contributed by atoms with Crippen molar-refractivity contribution in [2.75, 3.05) is 5.32 Å². The molecule has 0 aliphatic rings. The maximum Gasteiger partial charge on any atom is 0.230 e. The third-order valence-corrected chi connectivity index (χ3v) is 1.94. The molecule has 0 atom stereocenters. The predicted octanol–water partition coefficient (Wildman–Crippen LogP) is 1.73. The highest BCUT2D eigenvalue weighted by Gasteiger charge is 2.21. The second kappa shape index (κ2) is 4.47. The van der Waals surface area contributed by atoms with E-state index in [0.717, 1.165) is 5.69 Å². The summed E-state index contributed by atoms with van der Waals surface area (Å²) in [5.74, 6) is 0.502. The molecule has 0 fully saturated rings. The highest BCUT2D eigenvalue weighted by molar-refractivity contribution is 6.08. The lowest BCUT2D eigenvalue weighted by Gasteiger charge is -2.17. The van der Waals surface area contributed by atoms with Gasteiger partial charge in [-0.2, -0.15) is 0 Å². The molecule has 1 aromatic rings. The van der Waals surface area contributed by atoms with Crippen molar-refractivity contribution in [3.05, 3.63) is 23.9 Å². The molecule has 0 saturated carbocycles. The van der Waals surface area contributed by atoms with Gasteiger partial charge in [0.05, 0.1) is 7.85 Å². The SMILES string of the molecule is [B]Cc1cccc(NC(=O)C(C)(C)C)n1. The predicted molar refractivity (Wildman–Crippen MR) is 61.8 cm³/mol. The summed E-state index contributed by atoms with van der Waals surface area (Å²) in [4.78, 5) is 15.8. The summed E-state index contributed by atoms with van der Waals surface area (Å²) < 4.78 is 0. The van der Waals surface area contributed by atoms with Gasteiger partial charge in [-0.3, -0.25) is 4.79 Å². The minimum Gasteiger partial charge on any atom is -0.310 e. The molecule has 0 unspecified atom stereocenters. The third kappa shape index (κ3) is 3.38. The Bertz CT molecular complexity index is 358. The van der Waals surface area contributed by atoms with E-state index in [2.05, 4.69) is 10.3 Å². The van der Waals surface area contributed by atoms with Crippen LogP contribution in [0.2, 0.25) is 0 Å². The number of rotatable bonds is 2. The van der Waals surface area contributed by atoms with E-state index >= 15 is 0 Å². The zero-order valence-corrected chi connectivity index (χ0v) is 9.37. The Morgan fingerprint density at radius 3 is 2.67 bits per heavy atom. The van der Waals surface area contributed by atoms with Gasteiger partial charge in [-0.25, -0.2) is 4.98 Å². The number of aromatic nitrogens is 1. The smallest absolute Gasteiger partial charge is 0.230 e. The molecular formula is C11H15BN2O. The summed E-state index contributed by atoms with van der Waals surface area (Å²) in [6.07, 6.45) is 0.374. The normalized spacial score (nSPS) is 11.1. The maximum absolute atomic E-state index is 11.7. The molecule has 15 heavy (non-hydrogen) atoms. The van der Waals surface area contributed by atoms with E-state index < -0.39 is 5.41 Å². The molecule has 0 saturated heterocycles. The number of hydrogen-bond acceptors (Lipinski definition) is 2. The summed E-state index contributed by atoms with van der Waals surface area (Å²) in [7, 11) is 5.46. The molecule has 1 heterocycles. The van der Waals surface area contributed by atoms with E-state index in [4.69, 9.17) is 7.85 Å². The Morgan fingerprint density at radius 2 is 2.13 bits per heavy atom. The summed E-state index contributed by atoms with van der Waals surface area (Å²) in [6, 6.07) is 5.41. The van der Waals surface area contributed by atoms with Crippen LogP contribution in [0.25, 0.3) is 0 Å². The van der Waals surface area contributed by atoms with Crippen molar-refractivity contribution in [2.24, 2.45) is 5.41 Å². The Labute approximate surface area is 91.7 Å². The monoisotopic (exact) mass is 202 g/mol. The largest absolute Gasteiger partial charge is 0.310 e. The molecule has 0 aliphatic heterocycles. The van der Waals surface area contributed by atoms with Gasteiger partial charge in [0.2, 0.25) is 5.91 Å². The van der Waals surface area contributed by atoms with E-state index in [-0.39, 0.29) is 5.91 Å². The minimum atomic E-state index is -0.416. The minimum absolute atomic E-state index is 0.0517. The van der Waals surface area contributed by atoms with E-state index in [1.165, 1.54) is 0 Å². The highest BCUT2D eigenvalue weighted by atomic mass is 16.2. The summed E-state index contributed by atoms with van der Waals surface area (Å²) in [5.41, 5.74) is 0.349. The molecule has 2 radical (unpaired) electrons. The molecule has 0 aromatic carbocycles. The number of carbonyl (C=O) groups is 1. The van der Waals surface area contributed by atoms with Crippen molar-refractivity contribution in [1.29, 1.82) is 0 Å². The molecule has 4 heteroatoms. The van der Waals surface area contributed by atoms with Crippen molar-refractivity contribution in [2.45, 2.75) is 27.1 Å². The number of pyridine rings is 1. The molecule has 0 spiro atoms. The first-order valence-corrected chi connectivity index (χ1v) is 4.91. The number of carbonyl (C=O) groups excluding carboxylic acids is 1. The average Bonchev–Trinajstić information content (AvgIpc) is 2.16. The van der Waals surface area contributed by atoms with Gasteiger partial charge >= 0.3 is 0 Å². The van der Waals surface area contributed by atoms with E-state index in [0.29, 0.717) is 12.1 Å². The fraction of sp³-hybridized carbons (Fsp3) is 0.455. The number of hydrogen-bond donors (Lipinski definition) is 1. The summed E-state index contributed by atoms with van der Waals surface area (Å²) in [5, 5.41) is 2.75. The fourth-order valence-corrected chi connectivity index (χ4v) is 0.967. The van der Waals surface area contributed by atoms with Crippen molar-refractivity contribution in [3.8, 4) is 0 Å². The summed E-state index contributed by atoms with van der Waals surface area (Å²) >= 11 is 0. The lowest BCUT2D eigenvalue weighted by atomic mass is 9.96. The van der Waals surface area contributed by atoms with Crippen LogP contribution >= 0.6 is 0 Å².